The Labute approximate surface area is 131 Å². The van der Waals surface area contributed by atoms with Crippen molar-refractivity contribution >= 4 is 11.6 Å². The minimum absolute atomic E-state index is 0.0461. The highest BCUT2D eigenvalue weighted by atomic mass is 16.1. The molecule has 0 saturated carbocycles. The molecule has 0 atom stereocenters. The van der Waals surface area contributed by atoms with Gasteiger partial charge in [-0.3, -0.25) is 9.48 Å². The SMILES string of the molecule is Cc1nc(C)n(CCCNC(=O)c2cccc(N(C)C)c2)n1. The first-order chi connectivity index (χ1) is 10.5. The van der Waals surface area contributed by atoms with E-state index in [1.54, 1.807) is 0 Å². The van der Waals surface area contributed by atoms with Gasteiger partial charge >= 0.3 is 0 Å². The molecular weight excluding hydrogens is 278 g/mol. The van der Waals surface area contributed by atoms with E-state index >= 15 is 0 Å². The lowest BCUT2D eigenvalue weighted by atomic mass is 10.2. The van der Waals surface area contributed by atoms with Crippen molar-refractivity contribution in [2.45, 2.75) is 26.8 Å². The van der Waals surface area contributed by atoms with Gasteiger partial charge in [0.05, 0.1) is 0 Å². The molecule has 0 aliphatic carbocycles. The van der Waals surface area contributed by atoms with Crippen molar-refractivity contribution < 1.29 is 4.79 Å². The van der Waals surface area contributed by atoms with Crippen molar-refractivity contribution in [2.75, 3.05) is 25.5 Å². The zero-order chi connectivity index (χ0) is 16.1. The van der Waals surface area contributed by atoms with Crippen LogP contribution < -0.4 is 10.2 Å². The number of benzene rings is 1. The average molecular weight is 301 g/mol. The van der Waals surface area contributed by atoms with E-state index in [0.717, 1.165) is 30.3 Å². The van der Waals surface area contributed by atoms with Crippen LogP contribution in [0.3, 0.4) is 0 Å². The first kappa shape index (κ1) is 16.0. The third-order valence-corrected chi connectivity index (χ3v) is 3.42. The highest BCUT2D eigenvalue weighted by molar-refractivity contribution is 5.95. The number of nitrogens with zero attached hydrogens (tertiary/aromatic N) is 4. The van der Waals surface area contributed by atoms with Gasteiger partial charge in [-0.1, -0.05) is 6.07 Å². The van der Waals surface area contributed by atoms with Crippen molar-refractivity contribution in [3.05, 3.63) is 41.5 Å². The van der Waals surface area contributed by atoms with E-state index in [1.807, 2.05) is 61.8 Å². The lowest BCUT2D eigenvalue weighted by molar-refractivity contribution is 0.0952. The molecule has 6 heteroatoms. The van der Waals surface area contributed by atoms with Crippen LogP contribution in [-0.4, -0.2) is 41.3 Å². The van der Waals surface area contributed by atoms with Gasteiger partial charge in [0.25, 0.3) is 5.91 Å². The topological polar surface area (TPSA) is 63.1 Å². The number of hydrogen-bond donors (Lipinski definition) is 1. The molecule has 2 rings (SSSR count). The number of amides is 1. The Balaban J connectivity index is 1.83. The summed E-state index contributed by atoms with van der Waals surface area (Å²) < 4.78 is 1.87. The molecule has 1 aromatic heterocycles. The second-order valence-corrected chi connectivity index (χ2v) is 5.48. The summed E-state index contributed by atoms with van der Waals surface area (Å²) in [5.41, 5.74) is 1.69. The van der Waals surface area contributed by atoms with Crippen LogP contribution in [0.4, 0.5) is 5.69 Å². The molecule has 0 saturated heterocycles. The van der Waals surface area contributed by atoms with Crippen molar-refractivity contribution in [3.8, 4) is 0 Å². The largest absolute Gasteiger partial charge is 0.378 e. The number of carbonyl (C=O) groups is 1. The monoisotopic (exact) mass is 301 g/mol. The van der Waals surface area contributed by atoms with Crippen LogP contribution in [0, 0.1) is 13.8 Å². The molecule has 0 bridgehead atoms. The minimum Gasteiger partial charge on any atom is -0.378 e. The van der Waals surface area contributed by atoms with Gasteiger partial charge in [0, 0.05) is 38.4 Å². The van der Waals surface area contributed by atoms with Gasteiger partial charge in [-0.15, -0.1) is 0 Å². The second-order valence-electron chi connectivity index (χ2n) is 5.48. The summed E-state index contributed by atoms with van der Waals surface area (Å²) in [6.07, 6.45) is 0.822. The Morgan fingerprint density at radius 2 is 2.09 bits per heavy atom. The summed E-state index contributed by atoms with van der Waals surface area (Å²) in [5, 5.41) is 7.25. The van der Waals surface area contributed by atoms with Crippen LogP contribution in [0.5, 0.6) is 0 Å². The molecule has 0 spiro atoms. The van der Waals surface area contributed by atoms with Crippen LogP contribution in [0.15, 0.2) is 24.3 Å². The normalized spacial score (nSPS) is 10.5. The smallest absolute Gasteiger partial charge is 0.251 e. The van der Waals surface area contributed by atoms with E-state index in [-0.39, 0.29) is 5.91 Å². The van der Waals surface area contributed by atoms with Crippen LogP contribution in [0.1, 0.15) is 28.4 Å². The fourth-order valence-corrected chi connectivity index (χ4v) is 2.23. The fourth-order valence-electron chi connectivity index (χ4n) is 2.23. The van der Waals surface area contributed by atoms with E-state index in [0.29, 0.717) is 12.1 Å². The molecule has 2 aromatic rings. The van der Waals surface area contributed by atoms with E-state index in [2.05, 4.69) is 15.4 Å². The molecule has 6 nitrogen and oxygen atoms in total. The molecule has 0 aliphatic heterocycles. The molecule has 22 heavy (non-hydrogen) atoms. The summed E-state index contributed by atoms with van der Waals surface area (Å²) in [7, 11) is 3.92. The van der Waals surface area contributed by atoms with Crippen molar-refractivity contribution in [3.63, 3.8) is 0 Å². The van der Waals surface area contributed by atoms with E-state index in [1.165, 1.54) is 0 Å². The van der Waals surface area contributed by atoms with E-state index in [9.17, 15) is 4.79 Å². The third kappa shape index (κ3) is 4.07. The zero-order valence-electron chi connectivity index (χ0n) is 13.6. The predicted molar refractivity (Wildman–Crippen MR) is 87.2 cm³/mol. The first-order valence-corrected chi connectivity index (χ1v) is 7.41. The molecule has 0 fully saturated rings. The van der Waals surface area contributed by atoms with Gasteiger partial charge in [0.2, 0.25) is 0 Å². The molecular formula is C16H23N5O. The maximum Gasteiger partial charge on any atom is 0.251 e. The Morgan fingerprint density at radius 1 is 1.32 bits per heavy atom. The molecule has 1 N–H and O–H groups in total. The summed E-state index contributed by atoms with van der Waals surface area (Å²) >= 11 is 0. The number of nitrogens with one attached hydrogen (secondary N) is 1. The Kier molecular flexibility index (Phi) is 5.14. The molecule has 0 unspecified atom stereocenters. The number of carbonyl (C=O) groups excluding carboxylic acids is 1. The average Bonchev–Trinajstić information content (AvgIpc) is 2.81. The van der Waals surface area contributed by atoms with Crippen molar-refractivity contribution in [1.29, 1.82) is 0 Å². The molecule has 0 aliphatic rings. The molecule has 118 valence electrons. The quantitative estimate of drug-likeness (QED) is 0.826. The first-order valence-electron chi connectivity index (χ1n) is 7.41. The number of rotatable bonds is 6. The van der Waals surface area contributed by atoms with Gasteiger partial charge in [-0.25, -0.2) is 4.98 Å². The molecule has 1 amide bonds. The summed E-state index contributed by atoms with van der Waals surface area (Å²) in [6, 6.07) is 7.59. The number of aryl methyl sites for hydroxylation is 3. The Hall–Kier alpha value is -2.37. The molecule has 0 radical (unpaired) electrons. The molecule has 1 aromatic carbocycles. The Bertz CT molecular complexity index is 648. The lowest BCUT2D eigenvalue weighted by Gasteiger charge is -2.13. The predicted octanol–water partition coefficient (Wildman–Crippen LogP) is 1.78. The van der Waals surface area contributed by atoms with Crippen LogP contribution >= 0.6 is 0 Å². The van der Waals surface area contributed by atoms with Gasteiger partial charge < -0.3 is 10.2 Å². The summed E-state index contributed by atoms with van der Waals surface area (Å²) in [6.45, 7) is 5.18. The van der Waals surface area contributed by atoms with Crippen LogP contribution in [-0.2, 0) is 6.54 Å². The van der Waals surface area contributed by atoms with Gasteiger partial charge in [0.15, 0.2) is 0 Å². The van der Waals surface area contributed by atoms with Gasteiger partial charge in [-0.2, -0.15) is 5.10 Å². The highest BCUT2D eigenvalue weighted by Gasteiger charge is 2.07. The number of anilines is 1. The van der Waals surface area contributed by atoms with Gasteiger partial charge in [0.1, 0.15) is 11.6 Å². The second kappa shape index (κ2) is 7.06. The van der Waals surface area contributed by atoms with Crippen molar-refractivity contribution in [1.82, 2.24) is 20.1 Å². The Morgan fingerprint density at radius 3 is 2.73 bits per heavy atom. The lowest BCUT2D eigenvalue weighted by Crippen LogP contribution is -2.25. The van der Waals surface area contributed by atoms with Crippen LogP contribution in [0.25, 0.3) is 0 Å². The van der Waals surface area contributed by atoms with Gasteiger partial charge in [-0.05, 0) is 38.5 Å². The van der Waals surface area contributed by atoms with E-state index < -0.39 is 0 Å². The van der Waals surface area contributed by atoms with Crippen LogP contribution in [0.2, 0.25) is 0 Å². The fraction of sp³-hybridized carbons (Fsp3) is 0.438. The number of hydrogen-bond acceptors (Lipinski definition) is 4. The maximum atomic E-state index is 12.1. The third-order valence-electron chi connectivity index (χ3n) is 3.42. The number of aromatic nitrogens is 3. The van der Waals surface area contributed by atoms with E-state index in [4.69, 9.17) is 0 Å². The molecule has 1 heterocycles. The standard InChI is InChI=1S/C16H23N5O/c1-12-18-13(2)21(19-12)10-6-9-17-16(22)14-7-5-8-15(11-14)20(3)4/h5,7-8,11H,6,9-10H2,1-4H3,(H,17,22). The highest BCUT2D eigenvalue weighted by Crippen LogP contribution is 2.13. The van der Waals surface area contributed by atoms with Crippen molar-refractivity contribution in [2.24, 2.45) is 0 Å². The summed E-state index contributed by atoms with van der Waals surface area (Å²) in [4.78, 5) is 18.4. The zero-order valence-corrected chi connectivity index (χ0v) is 13.6. The summed E-state index contributed by atoms with van der Waals surface area (Å²) in [5.74, 6) is 1.64. The maximum absolute atomic E-state index is 12.1. The minimum atomic E-state index is -0.0461.